The molecule has 6 heteroatoms. The van der Waals surface area contributed by atoms with Crippen LogP contribution in [0.2, 0.25) is 0 Å². The molecule has 0 spiro atoms. The Morgan fingerprint density at radius 1 is 1.37 bits per heavy atom. The second-order valence-electron chi connectivity index (χ2n) is 4.16. The van der Waals surface area contributed by atoms with Crippen molar-refractivity contribution in [3.05, 3.63) is 41.7 Å². The van der Waals surface area contributed by atoms with E-state index in [1.165, 1.54) is 0 Å². The first-order valence-corrected chi connectivity index (χ1v) is 5.94. The summed E-state index contributed by atoms with van der Waals surface area (Å²) in [6.07, 6.45) is 1.62. The third-order valence-corrected chi connectivity index (χ3v) is 2.75. The highest BCUT2D eigenvalue weighted by Gasteiger charge is 2.05. The summed E-state index contributed by atoms with van der Waals surface area (Å²) in [4.78, 5) is 11.7. The normalized spacial score (nSPS) is 10.2. The minimum atomic E-state index is -0.0931. The molecule has 0 aliphatic carbocycles. The first-order valence-electron chi connectivity index (χ1n) is 5.94. The van der Waals surface area contributed by atoms with E-state index in [1.54, 1.807) is 18.0 Å². The number of carbonyl (C=O) groups is 1. The Morgan fingerprint density at radius 3 is 2.68 bits per heavy atom. The molecule has 1 amide bonds. The number of hydrogen-bond acceptors (Lipinski definition) is 4. The number of aromatic nitrogens is 3. The highest BCUT2D eigenvalue weighted by molar-refractivity contribution is 5.75. The quantitative estimate of drug-likeness (QED) is 0.867. The van der Waals surface area contributed by atoms with Crippen LogP contribution in [0.4, 0.5) is 0 Å². The zero-order chi connectivity index (χ0) is 13.7. The fraction of sp³-hybridized carbons (Fsp3) is 0.308. The molecule has 0 atom stereocenters. The number of hydrogen-bond donors (Lipinski definition) is 1. The number of benzene rings is 1. The molecule has 1 N–H and O–H groups in total. The molecule has 0 saturated heterocycles. The zero-order valence-corrected chi connectivity index (χ0v) is 11.0. The average molecular weight is 260 g/mol. The molecule has 1 aromatic heterocycles. The summed E-state index contributed by atoms with van der Waals surface area (Å²) in [5.41, 5.74) is 1.88. The number of nitrogens with one attached hydrogen (secondary N) is 1. The van der Waals surface area contributed by atoms with E-state index in [2.05, 4.69) is 15.6 Å². The van der Waals surface area contributed by atoms with Crippen molar-refractivity contribution in [3.63, 3.8) is 0 Å². The lowest BCUT2D eigenvalue weighted by molar-refractivity contribution is -0.122. The summed E-state index contributed by atoms with van der Waals surface area (Å²) in [5, 5.41) is 10.4. The summed E-state index contributed by atoms with van der Waals surface area (Å²) >= 11 is 0. The van der Waals surface area contributed by atoms with Crippen molar-refractivity contribution in [2.45, 2.75) is 20.0 Å². The largest absolute Gasteiger partial charge is 0.497 e. The van der Waals surface area contributed by atoms with E-state index < -0.39 is 0 Å². The monoisotopic (exact) mass is 260 g/mol. The minimum absolute atomic E-state index is 0.0931. The van der Waals surface area contributed by atoms with Crippen LogP contribution in [0.25, 0.3) is 0 Å². The summed E-state index contributed by atoms with van der Waals surface area (Å²) in [6, 6.07) is 7.56. The van der Waals surface area contributed by atoms with Gasteiger partial charge in [0, 0.05) is 6.54 Å². The van der Waals surface area contributed by atoms with Crippen LogP contribution in [-0.4, -0.2) is 28.0 Å². The van der Waals surface area contributed by atoms with Crippen LogP contribution in [0.1, 0.15) is 11.3 Å². The maximum absolute atomic E-state index is 11.7. The Kier molecular flexibility index (Phi) is 4.12. The Morgan fingerprint density at radius 2 is 2.11 bits per heavy atom. The molecule has 0 bridgehead atoms. The molecule has 100 valence electrons. The highest BCUT2D eigenvalue weighted by Crippen LogP contribution is 2.10. The number of ether oxygens (including phenoxy) is 1. The van der Waals surface area contributed by atoms with Gasteiger partial charge in [-0.3, -0.25) is 4.79 Å². The summed E-state index contributed by atoms with van der Waals surface area (Å²) in [5.74, 6) is 0.706. The summed E-state index contributed by atoms with van der Waals surface area (Å²) in [6.45, 7) is 2.52. The van der Waals surface area contributed by atoms with E-state index in [9.17, 15) is 4.79 Å². The van der Waals surface area contributed by atoms with Crippen LogP contribution in [0, 0.1) is 6.92 Å². The molecule has 2 aromatic rings. The smallest absolute Gasteiger partial charge is 0.242 e. The molecule has 0 aliphatic heterocycles. The van der Waals surface area contributed by atoms with Gasteiger partial charge < -0.3 is 10.1 Å². The third-order valence-electron chi connectivity index (χ3n) is 2.75. The van der Waals surface area contributed by atoms with Gasteiger partial charge in [-0.05, 0) is 24.6 Å². The second kappa shape index (κ2) is 5.99. The summed E-state index contributed by atoms with van der Waals surface area (Å²) in [7, 11) is 1.62. The maximum Gasteiger partial charge on any atom is 0.242 e. The van der Waals surface area contributed by atoms with Crippen molar-refractivity contribution in [3.8, 4) is 5.75 Å². The third kappa shape index (κ3) is 3.54. The second-order valence-corrected chi connectivity index (χ2v) is 4.16. The van der Waals surface area contributed by atoms with Crippen LogP contribution in [-0.2, 0) is 17.9 Å². The Labute approximate surface area is 111 Å². The van der Waals surface area contributed by atoms with E-state index in [0.717, 1.165) is 17.0 Å². The van der Waals surface area contributed by atoms with Gasteiger partial charge in [-0.15, -0.1) is 5.10 Å². The fourth-order valence-electron chi connectivity index (χ4n) is 1.60. The van der Waals surface area contributed by atoms with E-state index in [1.807, 2.05) is 31.2 Å². The standard InChI is InChI=1S/C13H16N4O2/c1-10-7-15-16-17(10)9-13(18)14-8-11-3-5-12(19-2)6-4-11/h3-7H,8-9H2,1-2H3,(H,14,18). The van der Waals surface area contributed by atoms with Gasteiger partial charge >= 0.3 is 0 Å². The number of methoxy groups -OCH3 is 1. The van der Waals surface area contributed by atoms with Crippen LogP contribution in [0.5, 0.6) is 5.75 Å². The van der Waals surface area contributed by atoms with Gasteiger partial charge in [0.15, 0.2) is 0 Å². The molecule has 0 fully saturated rings. The van der Waals surface area contributed by atoms with E-state index in [0.29, 0.717) is 6.54 Å². The van der Waals surface area contributed by atoms with Crippen LogP contribution < -0.4 is 10.1 Å². The molecule has 0 radical (unpaired) electrons. The number of aryl methyl sites for hydroxylation is 1. The molecule has 2 rings (SSSR count). The molecule has 1 aromatic carbocycles. The van der Waals surface area contributed by atoms with Gasteiger partial charge in [0.2, 0.25) is 5.91 Å². The molecule has 1 heterocycles. The number of rotatable bonds is 5. The molecule has 19 heavy (non-hydrogen) atoms. The Bertz CT molecular complexity index is 548. The van der Waals surface area contributed by atoms with Crippen molar-refractivity contribution in [2.24, 2.45) is 0 Å². The molecular weight excluding hydrogens is 244 g/mol. The first kappa shape index (κ1) is 13.1. The lowest BCUT2D eigenvalue weighted by Crippen LogP contribution is -2.27. The van der Waals surface area contributed by atoms with Crippen molar-refractivity contribution >= 4 is 5.91 Å². The minimum Gasteiger partial charge on any atom is -0.497 e. The van der Waals surface area contributed by atoms with Gasteiger partial charge in [-0.25, -0.2) is 4.68 Å². The first-order chi connectivity index (χ1) is 9.19. The highest BCUT2D eigenvalue weighted by atomic mass is 16.5. The topological polar surface area (TPSA) is 69.0 Å². The summed E-state index contributed by atoms with van der Waals surface area (Å²) < 4.78 is 6.63. The molecule has 0 saturated carbocycles. The van der Waals surface area contributed by atoms with Gasteiger partial charge in [0.05, 0.1) is 19.0 Å². The average Bonchev–Trinajstić information content (AvgIpc) is 2.82. The lowest BCUT2D eigenvalue weighted by Gasteiger charge is -2.07. The predicted octanol–water partition coefficient (Wildman–Crippen LogP) is 0.912. The van der Waals surface area contributed by atoms with Crippen molar-refractivity contribution in [1.82, 2.24) is 20.3 Å². The number of nitrogens with zero attached hydrogens (tertiary/aromatic N) is 3. The Hall–Kier alpha value is -2.37. The van der Waals surface area contributed by atoms with E-state index in [-0.39, 0.29) is 12.5 Å². The van der Waals surface area contributed by atoms with Crippen LogP contribution in [0.15, 0.2) is 30.5 Å². The molecule has 6 nitrogen and oxygen atoms in total. The van der Waals surface area contributed by atoms with Gasteiger partial charge in [0.25, 0.3) is 0 Å². The number of carbonyl (C=O) groups excluding carboxylic acids is 1. The van der Waals surface area contributed by atoms with Gasteiger partial charge in [0.1, 0.15) is 12.3 Å². The van der Waals surface area contributed by atoms with Crippen molar-refractivity contribution < 1.29 is 9.53 Å². The molecular formula is C13H16N4O2. The Balaban J connectivity index is 1.84. The SMILES string of the molecule is COc1ccc(CNC(=O)Cn2nncc2C)cc1. The van der Waals surface area contributed by atoms with Crippen molar-refractivity contribution in [2.75, 3.05) is 7.11 Å². The van der Waals surface area contributed by atoms with E-state index >= 15 is 0 Å². The molecule has 0 aliphatic rings. The number of amides is 1. The predicted molar refractivity (Wildman–Crippen MR) is 69.6 cm³/mol. The van der Waals surface area contributed by atoms with Gasteiger partial charge in [-0.2, -0.15) is 0 Å². The lowest BCUT2D eigenvalue weighted by atomic mass is 10.2. The fourth-order valence-corrected chi connectivity index (χ4v) is 1.60. The van der Waals surface area contributed by atoms with E-state index in [4.69, 9.17) is 4.74 Å². The van der Waals surface area contributed by atoms with Gasteiger partial charge in [-0.1, -0.05) is 17.3 Å². The maximum atomic E-state index is 11.7. The van der Waals surface area contributed by atoms with Crippen molar-refractivity contribution in [1.29, 1.82) is 0 Å². The van der Waals surface area contributed by atoms with Crippen LogP contribution >= 0.6 is 0 Å². The van der Waals surface area contributed by atoms with Crippen LogP contribution in [0.3, 0.4) is 0 Å². The molecule has 0 unspecified atom stereocenters. The zero-order valence-electron chi connectivity index (χ0n) is 11.0.